The van der Waals surface area contributed by atoms with E-state index in [0.717, 1.165) is 17.1 Å². The van der Waals surface area contributed by atoms with Crippen molar-refractivity contribution in [2.75, 3.05) is 31.0 Å². The molecule has 2 aromatic heterocycles. The molecule has 182 valence electrons. The standard InChI is InChI=1S/C28H26N4O3S/c1-31(2)18-11-13-19(14-12-18)32-26(25(30-28(32)36)22-10-6-7-17-29-22)24-16-15-23(35-24)20-8-4-5-9-21(20)27(33)34-3/h4-17,25-26H,1-3H3,(H,30,36)/t25-,26-/m1/s1. The molecule has 8 heteroatoms. The minimum Gasteiger partial charge on any atom is -0.465 e. The second-order valence-corrected chi connectivity index (χ2v) is 9.03. The number of rotatable bonds is 6. The van der Waals surface area contributed by atoms with Gasteiger partial charge in [0.2, 0.25) is 0 Å². The van der Waals surface area contributed by atoms with Crippen molar-refractivity contribution in [2.45, 2.75) is 12.1 Å². The molecule has 0 unspecified atom stereocenters. The number of esters is 1. The number of anilines is 2. The number of ether oxygens (including phenoxy) is 1. The number of furan rings is 1. The van der Waals surface area contributed by atoms with Crippen LogP contribution < -0.4 is 15.1 Å². The molecule has 36 heavy (non-hydrogen) atoms. The number of aromatic nitrogens is 1. The van der Waals surface area contributed by atoms with Crippen molar-refractivity contribution in [3.05, 3.63) is 102 Å². The van der Waals surface area contributed by atoms with Gasteiger partial charge in [-0.25, -0.2) is 4.79 Å². The molecule has 1 N–H and O–H groups in total. The maximum atomic E-state index is 12.4. The van der Waals surface area contributed by atoms with Crippen LogP contribution in [0.15, 0.2) is 89.5 Å². The largest absolute Gasteiger partial charge is 0.465 e. The lowest BCUT2D eigenvalue weighted by Crippen LogP contribution is -2.29. The van der Waals surface area contributed by atoms with Crippen molar-refractivity contribution < 1.29 is 13.9 Å². The molecule has 4 aromatic rings. The van der Waals surface area contributed by atoms with Gasteiger partial charge >= 0.3 is 5.97 Å². The van der Waals surface area contributed by atoms with Crippen molar-refractivity contribution in [3.63, 3.8) is 0 Å². The van der Waals surface area contributed by atoms with Gasteiger partial charge in [-0.1, -0.05) is 24.3 Å². The first-order valence-corrected chi connectivity index (χ1v) is 11.9. The van der Waals surface area contributed by atoms with Crippen LogP contribution in [-0.2, 0) is 4.74 Å². The quantitative estimate of drug-likeness (QED) is 0.281. The van der Waals surface area contributed by atoms with Gasteiger partial charge in [-0.05, 0) is 66.8 Å². The summed E-state index contributed by atoms with van der Waals surface area (Å²) >= 11 is 5.81. The number of nitrogens with zero attached hydrogens (tertiary/aromatic N) is 3. The number of pyridine rings is 1. The number of benzene rings is 2. The highest BCUT2D eigenvalue weighted by Crippen LogP contribution is 2.43. The molecular formula is C28H26N4O3S. The highest BCUT2D eigenvalue weighted by atomic mass is 32.1. The van der Waals surface area contributed by atoms with E-state index in [0.29, 0.717) is 27.8 Å². The van der Waals surface area contributed by atoms with Gasteiger partial charge in [0, 0.05) is 37.2 Å². The lowest BCUT2D eigenvalue weighted by Gasteiger charge is -2.26. The van der Waals surface area contributed by atoms with Gasteiger partial charge in [0.15, 0.2) is 5.11 Å². The molecule has 1 saturated heterocycles. The second-order valence-electron chi connectivity index (χ2n) is 8.65. The molecular weight excluding hydrogens is 472 g/mol. The van der Waals surface area contributed by atoms with Gasteiger partial charge in [-0.2, -0.15) is 0 Å². The van der Waals surface area contributed by atoms with Gasteiger partial charge in [0.25, 0.3) is 0 Å². The fraction of sp³-hybridized carbons (Fsp3) is 0.179. The van der Waals surface area contributed by atoms with Crippen LogP contribution in [0.25, 0.3) is 11.3 Å². The summed E-state index contributed by atoms with van der Waals surface area (Å²) < 4.78 is 11.4. The molecule has 0 saturated carbocycles. The number of carbonyl (C=O) groups is 1. The molecule has 0 radical (unpaired) electrons. The van der Waals surface area contributed by atoms with E-state index in [4.69, 9.17) is 21.4 Å². The Balaban J connectivity index is 1.59. The number of thiocarbonyl (C=S) groups is 1. The average molecular weight is 499 g/mol. The first-order valence-electron chi connectivity index (χ1n) is 11.5. The van der Waals surface area contributed by atoms with E-state index >= 15 is 0 Å². The zero-order valence-corrected chi connectivity index (χ0v) is 21.0. The predicted octanol–water partition coefficient (Wildman–Crippen LogP) is 5.37. The van der Waals surface area contributed by atoms with Crippen molar-refractivity contribution in [2.24, 2.45) is 0 Å². The van der Waals surface area contributed by atoms with Gasteiger partial charge in [0.05, 0.1) is 24.4 Å². The first kappa shape index (κ1) is 23.6. The van der Waals surface area contributed by atoms with Crippen LogP contribution in [0.2, 0.25) is 0 Å². The zero-order chi connectivity index (χ0) is 25.2. The molecule has 3 heterocycles. The van der Waals surface area contributed by atoms with E-state index in [1.54, 1.807) is 18.3 Å². The van der Waals surface area contributed by atoms with E-state index in [9.17, 15) is 4.79 Å². The Morgan fingerprint density at radius 3 is 2.47 bits per heavy atom. The number of hydrogen-bond acceptors (Lipinski definition) is 6. The number of methoxy groups -OCH3 is 1. The Morgan fingerprint density at radius 1 is 1.03 bits per heavy atom. The van der Waals surface area contributed by atoms with Gasteiger partial charge in [-0.3, -0.25) is 4.98 Å². The molecule has 0 spiro atoms. The highest BCUT2D eigenvalue weighted by Gasteiger charge is 2.42. The van der Waals surface area contributed by atoms with Crippen molar-refractivity contribution in [1.29, 1.82) is 0 Å². The summed E-state index contributed by atoms with van der Waals surface area (Å²) in [7, 11) is 5.38. The Kier molecular flexibility index (Phi) is 6.43. The van der Waals surface area contributed by atoms with E-state index in [1.807, 2.05) is 68.7 Å². The van der Waals surface area contributed by atoms with Crippen LogP contribution >= 0.6 is 12.2 Å². The molecule has 2 atom stereocenters. The summed E-state index contributed by atoms with van der Waals surface area (Å²) in [5, 5.41) is 4.03. The molecule has 0 amide bonds. The van der Waals surface area contributed by atoms with Crippen LogP contribution in [0, 0.1) is 0 Å². The molecule has 1 aliphatic rings. The third kappa shape index (κ3) is 4.31. The fourth-order valence-corrected chi connectivity index (χ4v) is 4.82. The summed E-state index contributed by atoms with van der Waals surface area (Å²) in [4.78, 5) is 21.1. The average Bonchev–Trinajstić information content (AvgIpc) is 3.53. The van der Waals surface area contributed by atoms with E-state index in [-0.39, 0.29) is 12.1 Å². The smallest absolute Gasteiger partial charge is 0.338 e. The fourth-order valence-electron chi connectivity index (χ4n) is 4.48. The maximum absolute atomic E-state index is 12.4. The molecule has 2 aromatic carbocycles. The van der Waals surface area contributed by atoms with Crippen molar-refractivity contribution >= 4 is 34.7 Å². The van der Waals surface area contributed by atoms with E-state index in [2.05, 4.69) is 32.2 Å². The molecule has 0 bridgehead atoms. The SMILES string of the molecule is COC(=O)c1ccccc1-c1ccc([C@@H]2[C@@H](c3ccccn3)NC(=S)N2c2ccc(N(C)C)cc2)o1. The third-order valence-electron chi connectivity index (χ3n) is 6.26. The monoisotopic (exact) mass is 498 g/mol. The number of carbonyl (C=O) groups excluding carboxylic acids is 1. The molecule has 5 rings (SSSR count). The van der Waals surface area contributed by atoms with Crippen LogP contribution in [0.4, 0.5) is 11.4 Å². The molecule has 1 aliphatic heterocycles. The predicted molar refractivity (Wildman–Crippen MR) is 144 cm³/mol. The summed E-state index contributed by atoms with van der Waals surface area (Å²) in [6.45, 7) is 0. The Labute approximate surface area is 215 Å². The highest BCUT2D eigenvalue weighted by molar-refractivity contribution is 7.80. The Morgan fingerprint density at radius 2 is 1.78 bits per heavy atom. The summed E-state index contributed by atoms with van der Waals surface area (Å²) in [5.41, 5.74) is 3.99. The summed E-state index contributed by atoms with van der Waals surface area (Å²) in [6, 6.07) is 24.6. The number of nitrogens with one attached hydrogen (secondary N) is 1. The zero-order valence-electron chi connectivity index (χ0n) is 20.2. The third-order valence-corrected chi connectivity index (χ3v) is 6.57. The topological polar surface area (TPSA) is 70.8 Å². The molecule has 7 nitrogen and oxygen atoms in total. The van der Waals surface area contributed by atoms with Gasteiger partial charge in [0.1, 0.15) is 17.6 Å². The van der Waals surface area contributed by atoms with E-state index in [1.165, 1.54) is 7.11 Å². The lowest BCUT2D eigenvalue weighted by molar-refractivity contribution is 0.0601. The van der Waals surface area contributed by atoms with Crippen LogP contribution in [0.3, 0.4) is 0 Å². The van der Waals surface area contributed by atoms with Gasteiger partial charge < -0.3 is 24.3 Å². The minimum absolute atomic E-state index is 0.234. The summed E-state index contributed by atoms with van der Waals surface area (Å²) in [5.74, 6) is 0.858. The van der Waals surface area contributed by atoms with Crippen LogP contribution in [0.5, 0.6) is 0 Å². The normalized spacial score (nSPS) is 17.1. The molecule has 1 fully saturated rings. The minimum atomic E-state index is -0.416. The van der Waals surface area contributed by atoms with Crippen molar-refractivity contribution in [3.8, 4) is 11.3 Å². The second kappa shape index (κ2) is 9.83. The van der Waals surface area contributed by atoms with Crippen molar-refractivity contribution in [1.82, 2.24) is 10.3 Å². The number of hydrogen-bond donors (Lipinski definition) is 1. The summed E-state index contributed by atoms with van der Waals surface area (Å²) in [6.07, 6.45) is 1.77. The lowest BCUT2D eigenvalue weighted by atomic mass is 10.0. The molecule has 0 aliphatic carbocycles. The van der Waals surface area contributed by atoms with Crippen LogP contribution in [-0.4, -0.2) is 37.3 Å². The maximum Gasteiger partial charge on any atom is 0.338 e. The Bertz CT molecular complexity index is 1390. The first-order chi connectivity index (χ1) is 17.5. The van der Waals surface area contributed by atoms with E-state index < -0.39 is 5.97 Å². The van der Waals surface area contributed by atoms with Crippen LogP contribution in [0.1, 0.15) is 33.9 Å². The van der Waals surface area contributed by atoms with Gasteiger partial charge in [-0.15, -0.1) is 0 Å². The Hall–Kier alpha value is -4.17.